The third kappa shape index (κ3) is 3.20. The SMILES string of the molecule is CCOC(=O)c1cc(-c2ccc(C)cc2)n(-c2ccc(F)cc2)n1. The molecule has 3 rings (SSSR count). The van der Waals surface area contributed by atoms with E-state index in [1.54, 1.807) is 29.8 Å². The molecule has 0 amide bonds. The zero-order valence-electron chi connectivity index (χ0n) is 13.5. The van der Waals surface area contributed by atoms with E-state index < -0.39 is 5.97 Å². The lowest BCUT2D eigenvalue weighted by Gasteiger charge is -2.07. The Kier molecular flexibility index (Phi) is 4.42. The molecule has 122 valence electrons. The molecular formula is C19H17FN2O2. The van der Waals surface area contributed by atoms with Crippen molar-refractivity contribution in [3.8, 4) is 16.9 Å². The molecule has 1 heterocycles. The first-order valence-electron chi connectivity index (χ1n) is 7.68. The smallest absolute Gasteiger partial charge is 0.358 e. The van der Waals surface area contributed by atoms with E-state index in [2.05, 4.69) is 5.10 Å². The van der Waals surface area contributed by atoms with Gasteiger partial charge in [-0.1, -0.05) is 29.8 Å². The quantitative estimate of drug-likeness (QED) is 0.677. The molecule has 0 spiro atoms. The Morgan fingerprint density at radius 2 is 1.79 bits per heavy atom. The Morgan fingerprint density at radius 1 is 1.12 bits per heavy atom. The summed E-state index contributed by atoms with van der Waals surface area (Å²) in [7, 11) is 0. The van der Waals surface area contributed by atoms with Crippen LogP contribution in [0.4, 0.5) is 4.39 Å². The average molecular weight is 324 g/mol. The highest BCUT2D eigenvalue weighted by Crippen LogP contribution is 2.25. The molecule has 0 aliphatic heterocycles. The molecule has 4 nitrogen and oxygen atoms in total. The molecule has 24 heavy (non-hydrogen) atoms. The maximum Gasteiger partial charge on any atom is 0.358 e. The predicted molar refractivity (Wildman–Crippen MR) is 89.7 cm³/mol. The van der Waals surface area contributed by atoms with E-state index in [1.807, 2.05) is 31.2 Å². The largest absolute Gasteiger partial charge is 0.461 e. The van der Waals surface area contributed by atoms with E-state index in [1.165, 1.54) is 12.1 Å². The van der Waals surface area contributed by atoms with Crippen LogP contribution in [0.15, 0.2) is 54.6 Å². The highest BCUT2D eigenvalue weighted by Gasteiger charge is 2.17. The predicted octanol–water partition coefficient (Wildman–Crippen LogP) is 4.16. The van der Waals surface area contributed by atoms with E-state index in [0.29, 0.717) is 5.69 Å². The highest BCUT2D eigenvalue weighted by molar-refractivity contribution is 5.89. The lowest BCUT2D eigenvalue weighted by atomic mass is 10.1. The molecule has 0 saturated carbocycles. The van der Waals surface area contributed by atoms with Crippen LogP contribution in [-0.2, 0) is 4.74 Å². The summed E-state index contributed by atoms with van der Waals surface area (Å²) in [5.41, 5.74) is 3.68. The minimum absolute atomic E-state index is 0.219. The molecule has 1 aromatic heterocycles. The van der Waals surface area contributed by atoms with Gasteiger partial charge in [0.25, 0.3) is 0 Å². The van der Waals surface area contributed by atoms with E-state index in [9.17, 15) is 9.18 Å². The van der Waals surface area contributed by atoms with Gasteiger partial charge in [0, 0.05) is 5.56 Å². The summed E-state index contributed by atoms with van der Waals surface area (Å²) in [4.78, 5) is 12.0. The van der Waals surface area contributed by atoms with Crippen LogP contribution in [0, 0.1) is 12.7 Å². The lowest BCUT2D eigenvalue weighted by molar-refractivity contribution is 0.0519. The van der Waals surface area contributed by atoms with Crippen molar-refractivity contribution in [2.45, 2.75) is 13.8 Å². The fraction of sp³-hybridized carbons (Fsp3) is 0.158. The number of aromatic nitrogens is 2. The number of aryl methyl sites for hydroxylation is 1. The van der Waals surface area contributed by atoms with Gasteiger partial charge in [0.1, 0.15) is 5.82 Å². The van der Waals surface area contributed by atoms with Crippen molar-refractivity contribution >= 4 is 5.97 Å². The summed E-state index contributed by atoms with van der Waals surface area (Å²) >= 11 is 0. The fourth-order valence-corrected chi connectivity index (χ4v) is 2.39. The third-order valence-electron chi connectivity index (χ3n) is 3.61. The van der Waals surface area contributed by atoms with Crippen LogP contribution in [0.25, 0.3) is 16.9 Å². The van der Waals surface area contributed by atoms with Gasteiger partial charge < -0.3 is 4.74 Å². The number of carbonyl (C=O) groups excluding carboxylic acids is 1. The number of rotatable bonds is 4. The molecule has 3 aromatic rings. The first-order chi connectivity index (χ1) is 11.6. The van der Waals surface area contributed by atoms with E-state index in [4.69, 9.17) is 4.74 Å². The Morgan fingerprint density at radius 3 is 2.42 bits per heavy atom. The Bertz CT molecular complexity index is 789. The molecule has 0 unspecified atom stereocenters. The molecule has 0 fully saturated rings. The first kappa shape index (κ1) is 15.9. The zero-order valence-corrected chi connectivity index (χ0v) is 13.5. The van der Waals surface area contributed by atoms with Crippen LogP contribution in [0.3, 0.4) is 0 Å². The van der Waals surface area contributed by atoms with Crippen LogP contribution < -0.4 is 0 Å². The van der Waals surface area contributed by atoms with Crippen LogP contribution in [0.1, 0.15) is 23.0 Å². The molecule has 0 bridgehead atoms. The molecule has 0 saturated heterocycles. The van der Waals surface area contributed by atoms with Crippen molar-refractivity contribution in [3.05, 3.63) is 71.7 Å². The number of halogens is 1. The first-order valence-corrected chi connectivity index (χ1v) is 7.68. The van der Waals surface area contributed by atoms with Crippen LogP contribution >= 0.6 is 0 Å². The number of hydrogen-bond acceptors (Lipinski definition) is 3. The van der Waals surface area contributed by atoms with Crippen molar-refractivity contribution in [2.24, 2.45) is 0 Å². The fourth-order valence-electron chi connectivity index (χ4n) is 2.39. The number of ether oxygens (including phenoxy) is 1. The topological polar surface area (TPSA) is 44.1 Å². The van der Waals surface area contributed by atoms with Gasteiger partial charge in [0.2, 0.25) is 0 Å². The summed E-state index contributed by atoms with van der Waals surface area (Å²) in [5, 5.41) is 4.35. The number of hydrogen-bond donors (Lipinski definition) is 0. The van der Waals surface area contributed by atoms with Gasteiger partial charge in [-0.05, 0) is 44.2 Å². The Hall–Kier alpha value is -2.95. The summed E-state index contributed by atoms with van der Waals surface area (Å²) in [6.07, 6.45) is 0. The van der Waals surface area contributed by atoms with Crippen molar-refractivity contribution in [3.63, 3.8) is 0 Å². The van der Waals surface area contributed by atoms with Gasteiger partial charge in [-0.2, -0.15) is 5.10 Å². The number of carbonyl (C=O) groups is 1. The number of nitrogens with zero attached hydrogens (tertiary/aromatic N) is 2. The van der Waals surface area contributed by atoms with Gasteiger partial charge in [-0.3, -0.25) is 0 Å². The molecule has 0 atom stereocenters. The van der Waals surface area contributed by atoms with Crippen molar-refractivity contribution in [1.82, 2.24) is 9.78 Å². The second-order valence-corrected chi connectivity index (χ2v) is 5.39. The minimum atomic E-state index is -0.480. The average Bonchev–Trinajstić information content (AvgIpc) is 3.02. The van der Waals surface area contributed by atoms with E-state index >= 15 is 0 Å². The molecule has 0 aliphatic carbocycles. The second-order valence-electron chi connectivity index (χ2n) is 5.39. The van der Waals surface area contributed by atoms with Crippen molar-refractivity contribution in [1.29, 1.82) is 0 Å². The third-order valence-corrected chi connectivity index (χ3v) is 3.61. The van der Waals surface area contributed by atoms with Crippen molar-refractivity contribution in [2.75, 3.05) is 6.61 Å². The van der Waals surface area contributed by atoms with Crippen LogP contribution in [0.2, 0.25) is 0 Å². The van der Waals surface area contributed by atoms with E-state index in [0.717, 1.165) is 16.8 Å². The van der Waals surface area contributed by atoms with Crippen LogP contribution in [0.5, 0.6) is 0 Å². The molecule has 5 heteroatoms. The molecule has 2 aromatic carbocycles. The Balaban J connectivity index is 2.12. The minimum Gasteiger partial charge on any atom is -0.461 e. The number of benzene rings is 2. The van der Waals surface area contributed by atoms with E-state index in [-0.39, 0.29) is 18.1 Å². The number of esters is 1. The zero-order chi connectivity index (χ0) is 17.1. The summed E-state index contributed by atoms with van der Waals surface area (Å²) < 4.78 is 19.9. The molecule has 0 aliphatic rings. The van der Waals surface area contributed by atoms with Gasteiger partial charge in [0.15, 0.2) is 5.69 Å². The van der Waals surface area contributed by atoms with Gasteiger partial charge >= 0.3 is 5.97 Å². The normalized spacial score (nSPS) is 10.6. The van der Waals surface area contributed by atoms with Gasteiger partial charge in [0.05, 0.1) is 18.0 Å². The molecule has 0 N–H and O–H groups in total. The lowest BCUT2D eigenvalue weighted by Crippen LogP contribution is -2.06. The summed E-state index contributed by atoms with van der Waals surface area (Å²) in [5.74, 6) is -0.805. The second kappa shape index (κ2) is 6.66. The van der Waals surface area contributed by atoms with Gasteiger partial charge in [-0.15, -0.1) is 0 Å². The highest BCUT2D eigenvalue weighted by atomic mass is 19.1. The van der Waals surface area contributed by atoms with Crippen molar-refractivity contribution < 1.29 is 13.9 Å². The maximum atomic E-state index is 13.2. The monoisotopic (exact) mass is 324 g/mol. The standard InChI is InChI=1S/C19H17FN2O2/c1-3-24-19(23)17-12-18(14-6-4-13(2)5-7-14)22(21-17)16-10-8-15(20)9-11-16/h4-12H,3H2,1-2H3. The summed E-state index contributed by atoms with van der Waals surface area (Å²) in [6.45, 7) is 4.03. The molecule has 0 radical (unpaired) electrons. The van der Waals surface area contributed by atoms with Gasteiger partial charge in [-0.25, -0.2) is 13.9 Å². The molecular weight excluding hydrogens is 307 g/mol. The summed E-state index contributed by atoms with van der Waals surface area (Å²) in [6, 6.07) is 15.5. The Labute approximate surface area is 139 Å². The maximum absolute atomic E-state index is 13.2. The van der Waals surface area contributed by atoms with Crippen LogP contribution in [-0.4, -0.2) is 22.4 Å².